The highest BCUT2D eigenvalue weighted by Gasteiger charge is 2.05. The van der Waals surface area contributed by atoms with E-state index in [0.717, 1.165) is 30.0 Å². The van der Waals surface area contributed by atoms with Crippen molar-refractivity contribution in [1.29, 1.82) is 0 Å². The Morgan fingerprint density at radius 3 is 1.75 bits per heavy atom. The second-order valence-corrected chi connectivity index (χ2v) is 7.36. The van der Waals surface area contributed by atoms with Gasteiger partial charge in [-0.05, 0) is 48.9 Å². The molecule has 0 radical (unpaired) electrons. The van der Waals surface area contributed by atoms with E-state index < -0.39 is 0 Å². The number of hydrogen-bond donors (Lipinski definition) is 3. The second kappa shape index (κ2) is 13.1. The normalized spacial score (nSPS) is 11.5. The number of aryl methyl sites for hydroxylation is 1. The zero-order valence-corrected chi connectivity index (χ0v) is 18.4. The van der Waals surface area contributed by atoms with Crippen LogP contribution in [0.1, 0.15) is 28.1 Å². The van der Waals surface area contributed by atoms with Gasteiger partial charge in [0.25, 0.3) is 0 Å². The molecule has 1 aromatic carbocycles. The molecule has 2 heterocycles. The average Bonchev–Trinajstić information content (AvgIpc) is 2.82. The maximum Gasteiger partial charge on any atom is 0.133 e. The van der Waals surface area contributed by atoms with Crippen molar-refractivity contribution in [2.24, 2.45) is 9.98 Å². The van der Waals surface area contributed by atoms with E-state index in [4.69, 9.17) is 0 Å². The lowest BCUT2D eigenvalue weighted by atomic mass is 10.1. The molecule has 166 valence electrons. The topological polar surface area (TPSA) is 94.8 Å². The van der Waals surface area contributed by atoms with Crippen molar-refractivity contribution in [3.63, 3.8) is 0 Å². The van der Waals surface area contributed by atoms with Gasteiger partial charge in [-0.25, -0.2) is 0 Å². The molecule has 0 aliphatic carbocycles. The molecular formula is C25H30N6O. The summed E-state index contributed by atoms with van der Waals surface area (Å²) in [6.45, 7) is 6.12. The number of pyridine rings is 2. The van der Waals surface area contributed by atoms with Crippen LogP contribution in [0.15, 0.2) is 70.9 Å². The van der Waals surface area contributed by atoms with Gasteiger partial charge in [-0.1, -0.05) is 12.1 Å². The summed E-state index contributed by atoms with van der Waals surface area (Å²) < 4.78 is 0. The van der Waals surface area contributed by atoms with Gasteiger partial charge in [-0.2, -0.15) is 0 Å². The third-order valence-corrected chi connectivity index (χ3v) is 4.67. The zero-order chi connectivity index (χ0) is 22.4. The zero-order valence-electron chi connectivity index (χ0n) is 18.4. The van der Waals surface area contributed by atoms with E-state index in [1.54, 1.807) is 24.8 Å². The highest BCUT2D eigenvalue weighted by Crippen LogP contribution is 2.21. The number of benzene rings is 1. The minimum Gasteiger partial charge on any atom is -0.507 e. The van der Waals surface area contributed by atoms with Gasteiger partial charge in [0.15, 0.2) is 0 Å². The van der Waals surface area contributed by atoms with Crippen molar-refractivity contribution in [1.82, 2.24) is 20.6 Å². The van der Waals surface area contributed by atoms with Gasteiger partial charge in [-0.3, -0.25) is 20.0 Å². The fourth-order valence-electron chi connectivity index (χ4n) is 3.08. The fourth-order valence-corrected chi connectivity index (χ4v) is 3.08. The van der Waals surface area contributed by atoms with Crippen LogP contribution in [0.5, 0.6) is 5.75 Å². The van der Waals surface area contributed by atoms with Crippen molar-refractivity contribution in [2.75, 3.05) is 26.2 Å². The van der Waals surface area contributed by atoms with Gasteiger partial charge in [0, 0.05) is 62.1 Å². The van der Waals surface area contributed by atoms with Crippen LogP contribution in [0.3, 0.4) is 0 Å². The molecule has 0 aliphatic rings. The first-order valence-corrected chi connectivity index (χ1v) is 10.8. The van der Waals surface area contributed by atoms with E-state index in [1.807, 2.05) is 55.5 Å². The number of aromatic hydroxyl groups is 1. The molecule has 0 amide bonds. The summed E-state index contributed by atoms with van der Waals surface area (Å²) in [5.41, 5.74) is 4.45. The minimum absolute atomic E-state index is 0.200. The molecule has 0 atom stereocenters. The van der Waals surface area contributed by atoms with E-state index >= 15 is 0 Å². The monoisotopic (exact) mass is 430 g/mol. The Hall–Kier alpha value is -3.42. The number of phenolic OH excluding ortho intramolecular Hbond substituents is 1. The van der Waals surface area contributed by atoms with E-state index in [2.05, 4.69) is 30.6 Å². The van der Waals surface area contributed by atoms with E-state index in [1.165, 1.54) is 0 Å². The van der Waals surface area contributed by atoms with Crippen LogP contribution in [-0.4, -0.2) is 53.7 Å². The number of nitrogens with zero attached hydrogens (tertiary/aromatic N) is 4. The van der Waals surface area contributed by atoms with E-state index in [9.17, 15) is 5.11 Å². The molecule has 32 heavy (non-hydrogen) atoms. The molecule has 7 heteroatoms. The molecule has 0 bridgehead atoms. The number of phenols is 1. The van der Waals surface area contributed by atoms with E-state index in [-0.39, 0.29) is 5.75 Å². The summed E-state index contributed by atoms with van der Waals surface area (Å²) in [5, 5.41) is 17.2. The minimum atomic E-state index is 0.200. The lowest BCUT2D eigenvalue weighted by Crippen LogP contribution is -2.17. The van der Waals surface area contributed by atoms with Gasteiger partial charge in [0.05, 0.1) is 24.5 Å². The van der Waals surface area contributed by atoms with Gasteiger partial charge in [0.2, 0.25) is 0 Å². The number of nitrogens with one attached hydrogen (secondary N) is 2. The molecule has 2 aromatic heterocycles. The molecule has 0 saturated carbocycles. The van der Waals surface area contributed by atoms with Crippen LogP contribution in [0, 0.1) is 6.92 Å². The first-order valence-electron chi connectivity index (χ1n) is 10.8. The van der Waals surface area contributed by atoms with Crippen LogP contribution in [0.25, 0.3) is 0 Å². The van der Waals surface area contributed by atoms with Gasteiger partial charge >= 0.3 is 0 Å². The van der Waals surface area contributed by atoms with Crippen LogP contribution in [-0.2, 0) is 13.1 Å². The Balaban J connectivity index is 1.43. The molecule has 0 unspecified atom stereocenters. The fraction of sp³-hybridized carbons (Fsp3) is 0.280. The number of rotatable bonds is 12. The molecule has 3 N–H and O–H groups in total. The summed E-state index contributed by atoms with van der Waals surface area (Å²) in [7, 11) is 0. The predicted molar refractivity (Wildman–Crippen MR) is 130 cm³/mol. The molecule has 3 aromatic rings. The van der Waals surface area contributed by atoms with Crippen LogP contribution in [0.2, 0.25) is 0 Å². The molecule has 7 nitrogen and oxygen atoms in total. The molecule has 0 saturated heterocycles. The Labute approximate surface area is 189 Å². The maximum absolute atomic E-state index is 10.6. The van der Waals surface area contributed by atoms with Gasteiger partial charge in [0.1, 0.15) is 5.75 Å². The number of aromatic nitrogens is 2. The summed E-state index contributed by atoms with van der Waals surface area (Å²) in [5.74, 6) is 0.200. The Morgan fingerprint density at radius 1 is 0.812 bits per heavy atom. The SMILES string of the molecule is Cc1cc(C=NCCNCc2ccccn2)c(O)c(C=NCCNCc2ccccn2)c1. The second-order valence-electron chi connectivity index (χ2n) is 7.36. The lowest BCUT2D eigenvalue weighted by Gasteiger charge is -2.06. The van der Waals surface area contributed by atoms with Crippen molar-refractivity contribution >= 4 is 12.4 Å². The summed E-state index contributed by atoms with van der Waals surface area (Å²) in [6.07, 6.45) is 7.01. The first kappa shape index (κ1) is 23.2. The summed E-state index contributed by atoms with van der Waals surface area (Å²) in [6, 6.07) is 15.6. The van der Waals surface area contributed by atoms with Crippen molar-refractivity contribution in [2.45, 2.75) is 20.0 Å². The van der Waals surface area contributed by atoms with Crippen LogP contribution in [0.4, 0.5) is 0 Å². The third-order valence-electron chi connectivity index (χ3n) is 4.67. The predicted octanol–water partition coefficient (Wildman–Crippen LogP) is 2.91. The Morgan fingerprint density at radius 2 is 1.31 bits per heavy atom. The quantitative estimate of drug-likeness (QED) is 0.303. The van der Waals surface area contributed by atoms with Crippen molar-refractivity contribution in [3.05, 3.63) is 89.0 Å². The highest BCUT2D eigenvalue weighted by atomic mass is 16.3. The third kappa shape index (κ3) is 8.02. The average molecular weight is 431 g/mol. The number of hydrogen-bond acceptors (Lipinski definition) is 7. The smallest absolute Gasteiger partial charge is 0.133 e. The molecule has 3 rings (SSSR count). The standard InChI is InChI=1S/C25H30N6O/c1-20-14-21(16-26-10-12-28-18-23-6-2-4-8-30-23)25(32)22(15-20)17-27-11-13-29-19-24-7-3-5-9-31-24/h2-9,14-17,28-29,32H,10-13,18-19H2,1H3. The van der Waals surface area contributed by atoms with Crippen molar-refractivity contribution in [3.8, 4) is 5.75 Å². The summed E-state index contributed by atoms with van der Waals surface area (Å²) >= 11 is 0. The highest BCUT2D eigenvalue weighted by molar-refractivity contribution is 5.92. The lowest BCUT2D eigenvalue weighted by molar-refractivity contribution is 0.473. The Bertz CT molecular complexity index is 927. The van der Waals surface area contributed by atoms with E-state index in [0.29, 0.717) is 37.3 Å². The maximum atomic E-state index is 10.6. The molecule has 0 fully saturated rings. The van der Waals surface area contributed by atoms with Crippen LogP contribution < -0.4 is 10.6 Å². The van der Waals surface area contributed by atoms with Crippen molar-refractivity contribution < 1.29 is 5.11 Å². The Kier molecular flexibility index (Phi) is 9.51. The van der Waals surface area contributed by atoms with Gasteiger partial charge < -0.3 is 15.7 Å². The first-order chi connectivity index (χ1) is 15.7. The van der Waals surface area contributed by atoms with Gasteiger partial charge in [-0.15, -0.1) is 0 Å². The number of aliphatic imine (C=N–C) groups is 2. The molecule has 0 aliphatic heterocycles. The molecule has 0 spiro atoms. The summed E-state index contributed by atoms with van der Waals surface area (Å²) in [4.78, 5) is 17.4. The molecular weight excluding hydrogens is 400 g/mol. The van der Waals surface area contributed by atoms with Crippen LogP contribution >= 0.6 is 0 Å². The largest absolute Gasteiger partial charge is 0.507 e.